The van der Waals surface area contributed by atoms with Gasteiger partial charge in [0.2, 0.25) is 10.0 Å². The third kappa shape index (κ3) is 5.04. The molecule has 29 heavy (non-hydrogen) atoms. The van der Waals surface area contributed by atoms with Gasteiger partial charge in [0.1, 0.15) is 0 Å². The van der Waals surface area contributed by atoms with Crippen molar-refractivity contribution in [3.8, 4) is 0 Å². The third-order valence-corrected chi connectivity index (χ3v) is 8.00. The van der Waals surface area contributed by atoms with Crippen molar-refractivity contribution in [2.45, 2.75) is 17.9 Å². The van der Waals surface area contributed by atoms with E-state index < -0.39 is 10.0 Å². The summed E-state index contributed by atoms with van der Waals surface area (Å²) < 4.78 is 32.7. The highest BCUT2D eigenvalue weighted by molar-refractivity contribution is 7.89. The summed E-state index contributed by atoms with van der Waals surface area (Å²) in [6.45, 7) is 3.59. The predicted octanol–water partition coefficient (Wildman–Crippen LogP) is 2.11. The molecular weight excluding hydrogens is 410 g/mol. The molecule has 0 bridgehead atoms. The minimum atomic E-state index is -3.66. The number of sulfonamides is 1. The van der Waals surface area contributed by atoms with Gasteiger partial charge >= 0.3 is 0 Å². The Morgan fingerprint density at radius 3 is 2.62 bits per heavy atom. The fraction of sp³-hybridized carbons (Fsp3) is 0.450. The Kier molecular flexibility index (Phi) is 7.07. The smallest absolute Gasteiger partial charge is 0.251 e. The number of hydrogen-bond donors (Lipinski definition) is 1. The topological polar surface area (TPSA) is 79.0 Å². The molecule has 0 radical (unpaired) electrons. The van der Waals surface area contributed by atoms with E-state index in [1.54, 1.807) is 30.4 Å². The number of thiophene rings is 1. The number of aryl methyl sites for hydroxylation is 1. The van der Waals surface area contributed by atoms with Gasteiger partial charge in [0, 0.05) is 30.1 Å². The van der Waals surface area contributed by atoms with Crippen LogP contribution in [0.5, 0.6) is 0 Å². The highest BCUT2D eigenvalue weighted by atomic mass is 32.2. The maximum atomic E-state index is 13.0. The Bertz CT molecular complexity index is 937. The Morgan fingerprint density at radius 1 is 1.28 bits per heavy atom. The van der Waals surface area contributed by atoms with Crippen molar-refractivity contribution in [3.05, 3.63) is 51.7 Å². The summed E-state index contributed by atoms with van der Waals surface area (Å²) in [7, 11) is 0.273. The number of carbonyl (C=O) groups is 1. The molecule has 1 N–H and O–H groups in total. The number of morpholine rings is 1. The first-order valence-electron chi connectivity index (χ1n) is 9.47. The van der Waals surface area contributed by atoms with Crippen molar-refractivity contribution in [2.75, 3.05) is 46.9 Å². The van der Waals surface area contributed by atoms with Gasteiger partial charge in [-0.25, -0.2) is 8.42 Å². The van der Waals surface area contributed by atoms with Gasteiger partial charge < -0.3 is 15.0 Å². The first kappa shape index (κ1) is 21.9. The lowest BCUT2D eigenvalue weighted by Gasteiger charge is -2.27. The molecule has 7 nitrogen and oxygen atoms in total. The molecule has 1 aliphatic heterocycles. The quantitative estimate of drug-likeness (QED) is 0.718. The second kappa shape index (κ2) is 9.36. The van der Waals surface area contributed by atoms with E-state index in [2.05, 4.69) is 10.2 Å². The molecule has 158 valence electrons. The van der Waals surface area contributed by atoms with Gasteiger partial charge in [-0.1, -0.05) is 12.1 Å². The maximum absolute atomic E-state index is 13.0. The summed E-state index contributed by atoms with van der Waals surface area (Å²) in [5.74, 6) is -0.285. The first-order valence-corrected chi connectivity index (χ1v) is 11.8. The van der Waals surface area contributed by atoms with Crippen molar-refractivity contribution in [1.82, 2.24) is 14.5 Å². The Morgan fingerprint density at radius 2 is 2.00 bits per heavy atom. The minimum Gasteiger partial charge on any atom is -0.379 e. The molecule has 2 heterocycles. The van der Waals surface area contributed by atoms with Crippen molar-refractivity contribution in [3.63, 3.8) is 0 Å². The normalized spacial score (nSPS) is 16.7. The van der Waals surface area contributed by atoms with Crippen LogP contribution in [0.15, 0.2) is 40.6 Å². The van der Waals surface area contributed by atoms with Crippen LogP contribution in [0.3, 0.4) is 0 Å². The van der Waals surface area contributed by atoms with Crippen molar-refractivity contribution in [2.24, 2.45) is 0 Å². The Hall–Kier alpha value is -1.78. The summed E-state index contributed by atoms with van der Waals surface area (Å²) >= 11 is 1.64. The first-order chi connectivity index (χ1) is 13.8. The van der Waals surface area contributed by atoms with Crippen molar-refractivity contribution >= 4 is 27.3 Å². The van der Waals surface area contributed by atoms with Crippen LogP contribution in [-0.4, -0.2) is 70.5 Å². The van der Waals surface area contributed by atoms with Gasteiger partial charge in [0.05, 0.1) is 24.2 Å². The lowest BCUT2D eigenvalue weighted by atomic mass is 10.1. The zero-order valence-corrected chi connectivity index (χ0v) is 18.6. The lowest BCUT2D eigenvalue weighted by Crippen LogP contribution is -2.41. The molecule has 1 aromatic heterocycles. The molecule has 3 rings (SSSR count). The van der Waals surface area contributed by atoms with E-state index in [-0.39, 0.29) is 16.8 Å². The van der Waals surface area contributed by atoms with Gasteiger partial charge in [-0.15, -0.1) is 11.3 Å². The average molecular weight is 438 g/mol. The summed E-state index contributed by atoms with van der Waals surface area (Å²) in [5.41, 5.74) is 0.962. The molecular formula is C20H27N3O4S2. The van der Waals surface area contributed by atoms with Gasteiger partial charge in [-0.3, -0.25) is 4.79 Å². The van der Waals surface area contributed by atoms with Crippen LogP contribution in [0.25, 0.3) is 0 Å². The van der Waals surface area contributed by atoms with E-state index in [4.69, 9.17) is 4.74 Å². The number of nitrogens with one attached hydrogen (secondary N) is 1. The number of benzene rings is 1. The van der Waals surface area contributed by atoms with Crippen LogP contribution < -0.4 is 5.32 Å². The number of likely N-dealkylation sites (N-methyl/N-ethyl adjacent to an activating group) is 1. The molecule has 1 amide bonds. The molecule has 1 fully saturated rings. The third-order valence-electron chi connectivity index (χ3n) is 4.99. The number of hydrogen-bond acceptors (Lipinski definition) is 6. The van der Waals surface area contributed by atoms with Crippen molar-refractivity contribution < 1.29 is 17.9 Å². The van der Waals surface area contributed by atoms with E-state index >= 15 is 0 Å². The highest BCUT2D eigenvalue weighted by Gasteiger charge is 2.28. The van der Waals surface area contributed by atoms with Gasteiger partial charge in [0.15, 0.2) is 0 Å². The number of amides is 1. The van der Waals surface area contributed by atoms with Gasteiger partial charge in [-0.2, -0.15) is 4.31 Å². The fourth-order valence-electron chi connectivity index (χ4n) is 3.26. The summed E-state index contributed by atoms with van der Waals surface area (Å²) in [6.07, 6.45) is 0. The lowest BCUT2D eigenvalue weighted by molar-refractivity contribution is 0.0730. The molecule has 1 atom stereocenters. The standard InChI is InChI=1S/C20H27N3O4S2/c1-15-6-7-16(13-19(15)29(25,26)23-8-10-27-11-9-23)20(24)21-14-17(22(2)3)18-5-4-12-28-18/h4-7,12-13,17H,8-11,14H2,1-3H3,(H,21,24)/t17-/m1/s1. The summed E-state index contributed by atoms with van der Waals surface area (Å²) in [4.78, 5) is 16.1. The molecule has 1 saturated heterocycles. The van der Waals surface area contributed by atoms with Crippen LogP contribution in [0.2, 0.25) is 0 Å². The van der Waals surface area contributed by atoms with Crippen LogP contribution >= 0.6 is 11.3 Å². The fourth-order valence-corrected chi connectivity index (χ4v) is 5.84. The van der Waals surface area contributed by atoms with Crippen LogP contribution in [0, 0.1) is 6.92 Å². The second-order valence-corrected chi connectivity index (χ2v) is 10.1. The molecule has 0 saturated carbocycles. The van der Waals surface area contributed by atoms with Crippen molar-refractivity contribution in [1.29, 1.82) is 0 Å². The largest absolute Gasteiger partial charge is 0.379 e. The van der Waals surface area contributed by atoms with Crippen LogP contribution in [0.1, 0.15) is 26.8 Å². The van der Waals surface area contributed by atoms with E-state index in [1.165, 1.54) is 10.4 Å². The number of carbonyl (C=O) groups excluding carboxylic acids is 1. The van der Waals surface area contributed by atoms with E-state index in [1.807, 2.05) is 31.6 Å². The molecule has 1 aliphatic rings. The number of nitrogens with zero attached hydrogens (tertiary/aromatic N) is 2. The van der Waals surface area contributed by atoms with E-state index in [9.17, 15) is 13.2 Å². The molecule has 0 spiro atoms. The van der Waals surface area contributed by atoms with Gasteiger partial charge in [0.25, 0.3) is 5.91 Å². The molecule has 0 aliphatic carbocycles. The van der Waals surface area contributed by atoms with E-state index in [0.29, 0.717) is 44.0 Å². The maximum Gasteiger partial charge on any atom is 0.251 e. The van der Waals surface area contributed by atoms with Crippen LogP contribution in [0.4, 0.5) is 0 Å². The predicted molar refractivity (Wildman–Crippen MR) is 114 cm³/mol. The SMILES string of the molecule is Cc1ccc(C(=O)NC[C@H](c2cccs2)N(C)C)cc1S(=O)(=O)N1CCOCC1. The minimum absolute atomic E-state index is 0.0564. The Balaban J connectivity index is 1.77. The Labute approximate surface area is 176 Å². The van der Waals surface area contributed by atoms with E-state index in [0.717, 1.165) is 4.88 Å². The zero-order chi connectivity index (χ0) is 21.0. The van der Waals surface area contributed by atoms with Crippen LogP contribution in [-0.2, 0) is 14.8 Å². The summed E-state index contributed by atoms with van der Waals surface area (Å²) in [6, 6.07) is 8.91. The molecule has 9 heteroatoms. The van der Waals surface area contributed by atoms with Gasteiger partial charge in [-0.05, 0) is 50.2 Å². The number of rotatable bonds is 7. The monoisotopic (exact) mass is 437 g/mol. The number of ether oxygens (including phenoxy) is 1. The molecule has 2 aromatic rings. The summed E-state index contributed by atoms with van der Waals surface area (Å²) in [5, 5.41) is 4.95. The molecule has 1 aromatic carbocycles. The highest BCUT2D eigenvalue weighted by Crippen LogP contribution is 2.24. The average Bonchev–Trinajstić information content (AvgIpc) is 3.23. The molecule has 0 unspecified atom stereocenters. The zero-order valence-electron chi connectivity index (χ0n) is 16.9. The second-order valence-electron chi connectivity index (χ2n) is 7.20.